The Morgan fingerprint density at radius 2 is 1.94 bits per heavy atom. The number of carbonyl (C=O) groups is 1. The molecule has 3 aromatic rings. The maximum Gasteiger partial charge on any atom is 0.234 e. The molecule has 10 heteroatoms. The maximum absolute atomic E-state index is 14.0. The van der Waals surface area contributed by atoms with Gasteiger partial charge in [0.25, 0.3) is 0 Å². The van der Waals surface area contributed by atoms with E-state index in [4.69, 9.17) is 16.3 Å². The van der Waals surface area contributed by atoms with E-state index in [1.807, 2.05) is 23.6 Å². The van der Waals surface area contributed by atoms with Crippen molar-refractivity contribution in [3.63, 3.8) is 0 Å². The molecule has 1 aromatic heterocycles. The van der Waals surface area contributed by atoms with Gasteiger partial charge in [-0.2, -0.15) is 0 Å². The van der Waals surface area contributed by atoms with E-state index in [2.05, 4.69) is 20.4 Å². The number of halogens is 2. The number of amides is 1. The Bertz CT molecular complexity index is 1090. The van der Waals surface area contributed by atoms with Crippen LogP contribution in [-0.2, 0) is 16.1 Å². The summed E-state index contributed by atoms with van der Waals surface area (Å²) < 4.78 is 21.3. The molecule has 0 atom stereocenters. The number of carbonyl (C=O) groups excluding carboxylic acids is 1. The fourth-order valence-corrected chi connectivity index (χ4v) is 4.25. The van der Waals surface area contributed by atoms with Gasteiger partial charge in [-0.05, 0) is 48.9 Å². The van der Waals surface area contributed by atoms with E-state index in [0.29, 0.717) is 29.9 Å². The van der Waals surface area contributed by atoms with E-state index in [0.717, 1.165) is 30.2 Å². The van der Waals surface area contributed by atoms with Gasteiger partial charge < -0.3 is 10.1 Å². The number of hydrogen-bond donors (Lipinski definition) is 1. The van der Waals surface area contributed by atoms with Gasteiger partial charge in [0.15, 0.2) is 11.0 Å². The molecule has 0 saturated carbocycles. The van der Waals surface area contributed by atoms with Crippen molar-refractivity contribution in [1.29, 1.82) is 0 Å². The van der Waals surface area contributed by atoms with Gasteiger partial charge in [-0.15, -0.1) is 10.2 Å². The van der Waals surface area contributed by atoms with Crippen molar-refractivity contribution in [2.75, 3.05) is 37.4 Å². The molecule has 2 heterocycles. The minimum Gasteiger partial charge on any atom is -0.379 e. The molecule has 1 amide bonds. The van der Waals surface area contributed by atoms with Crippen LogP contribution in [-0.4, -0.2) is 57.6 Å². The fraction of sp³-hybridized carbons (Fsp3) is 0.318. The van der Waals surface area contributed by atoms with Crippen molar-refractivity contribution in [1.82, 2.24) is 19.7 Å². The number of nitrogens with one attached hydrogen (secondary N) is 1. The number of aryl methyl sites for hydroxylation is 1. The highest BCUT2D eigenvalue weighted by Crippen LogP contribution is 2.25. The number of morpholine rings is 1. The van der Waals surface area contributed by atoms with E-state index in [1.54, 1.807) is 24.3 Å². The Kier molecular flexibility index (Phi) is 7.41. The predicted octanol–water partition coefficient (Wildman–Crippen LogP) is 3.93. The number of thioether (sulfide) groups is 1. The van der Waals surface area contributed by atoms with Crippen LogP contribution in [0.2, 0.25) is 5.02 Å². The highest BCUT2D eigenvalue weighted by Gasteiger charge is 2.20. The summed E-state index contributed by atoms with van der Waals surface area (Å²) in [5.74, 6) is 0.0456. The molecule has 4 rings (SSSR count). The molecule has 1 fully saturated rings. The monoisotopic (exact) mass is 475 g/mol. The quantitative estimate of drug-likeness (QED) is 0.522. The summed E-state index contributed by atoms with van der Waals surface area (Å²) in [5, 5.41) is 12.5. The van der Waals surface area contributed by atoms with Gasteiger partial charge in [0.2, 0.25) is 5.91 Å². The normalized spacial score (nSPS) is 14.5. The highest BCUT2D eigenvalue weighted by atomic mass is 35.5. The minimum atomic E-state index is -0.467. The second-order valence-corrected chi connectivity index (χ2v) is 8.80. The van der Waals surface area contributed by atoms with Crippen molar-refractivity contribution in [2.24, 2.45) is 0 Å². The van der Waals surface area contributed by atoms with E-state index >= 15 is 0 Å². The summed E-state index contributed by atoms with van der Waals surface area (Å²) in [6.45, 7) is 5.47. The SMILES string of the molecule is Cc1ccc(F)c(NC(=O)CSc2nnc(CN3CCOCC3)n2-c2ccc(Cl)cc2)c1. The molecule has 7 nitrogen and oxygen atoms in total. The van der Waals surface area contributed by atoms with E-state index < -0.39 is 5.82 Å². The van der Waals surface area contributed by atoms with Crippen LogP contribution in [0, 0.1) is 12.7 Å². The lowest BCUT2D eigenvalue weighted by Crippen LogP contribution is -2.36. The molecule has 0 radical (unpaired) electrons. The Morgan fingerprint density at radius 3 is 2.69 bits per heavy atom. The van der Waals surface area contributed by atoms with Gasteiger partial charge in [0.1, 0.15) is 5.82 Å². The maximum atomic E-state index is 14.0. The molecule has 0 spiro atoms. The van der Waals surface area contributed by atoms with Crippen LogP contribution in [0.5, 0.6) is 0 Å². The van der Waals surface area contributed by atoms with Crippen LogP contribution in [0.15, 0.2) is 47.6 Å². The third kappa shape index (κ3) is 5.66. The van der Waals surface area contributed by atoms with Gasteiger partial charge >= 0.3 is 0 Å². The highest BCUT2D eigenvalue weighted by molar-refractivity contribution is 7.99. The first-order valence-corrected chi connectivity index (χ1v) is 11.5. The first-order chi connectivity index (χ1) is 15.5. The molecular weight excluding hydrogens is 453 g/mol. The molecular formula is C22H23ClFN5O2S. The van der Waals surface area contributed by atoms with E-state index in [-0.39, 0.29) is 17.3 Å². The second kappa shape index (κ2) is 10.4. The zero-order valence-corrected chi connectivity index (χ0v) is 19.1. The van der Waals surface area contributed by atoms with Crippen molar-refractivity contribution in [2.45, 2.75) is 18.6 Å². The molecule has 1 aliphatic rings. The lowest BCUT2D eigenvalue weighted by Gasteiger charge is -2.26. The number of rotatable bonds is 7. The van der Waals surface area contributed by atoms with Crippen molar-refractivity contribution >= 4 is 35.0 Å². The average molecular weight is 476 g/mol. The number of hydrogen-bond acceptors (Lipinski definition) is 6. The Balaban J connectivity index is 1.51. The Morgan fingerprint density at radius 1 is 1.19 bits per heavy atom. The Labute approximate surface area is 194 Å². The number of benzene rings is 2. The summed E-state index contributed by atoms with van der Waals surface area (Å²) >= 11 is 7.31. The molecule has 2 aromatic carbocycles. The van der Waals surface area contributed by atoms with E-state index in [9.17, 15) is 9.18 Å². The zero-order valence-electron chi connectivity index (χ0n) is 17.6. The van der Waals surface area contributed by atoms with Gasteiger partial charge in [0.05, 0.1) is 31.2 Å². The molecule has 0 bridgehead atoms. The molecule has 32 heavy (non-hydrogen) atoms. The van der Waals surface area contributed by atoms with E-state index in [1.165, 1.54) is 17.8 Å². The third-order valence-electron chi connectivity index (χ3n) is 4.98. The first kappa shape index (κ1) is 22.7. The number of nitrogens with zero attached hydrogens (tertiary/aromatic N) is 4. The van der Waals surface area contributed by atoms with Crippen LogP contribution in [0.4, 0.5) is 10.1 Å². The molecule has 0 unspecified atom stereocenters. The fourth-order valence-electron chi connectivity index (χ4n) is 3.36. The lowest BCUT2D eigenvalue weighted by atomic mass is 10.2. The van der Waals surface area contributed by atoms with Crippen LogP contribution >= 0.6 is 23.4 Å². The molecule has 0 aliphatic carbocycles. The summed E-state index contributed by atoms with van der Waals surface area (Å²) in [4.78, 5) is 14.7. The van der Waals surface area contributed by atoms with Crippen LogP contribution in [0.1, 0.15) is 11.4 Å². The number of anilines is 1. The van der Waals surface area contributed by atoms with Gasteiger partial charge in [-0.1, -0.05) is 29.4 Å². The van der Waals surface area contributed by atoms with Crippen LogP contribution in [0.3, 0.4) is 0 Å². The summed E-state index contributed by atoms with van der Waals surface area (Å²) in [6, 6.07) is 12.0. The summed E-state index contributed by atoms with van der Waals surface area (Å²) in [7, 11) is 0. The molecule has 1 aliphatic heterocycles. The van der Waals surface area contributed by atoms with Crippen LogP contribution < -0.4 is 5.32 Å². The van der Waals surface area contributed by atoms with Gasteiger partial charge in [-0.3, -0.25) is 14.3 Å². The molecule has 1 N–H and O–H groups in total. The van der Waals surface area contributed by atoms with Crippen LogP contribution in [0.25, 0.3) is 5.69 Å². The standard InChI is InChI=1S/C22H23ClFN5O2S/c1-15-2-7-18(24)19(12-15)25-21(30)14-32-22-27-26-20(13-28-8-10-31-11-9-28)29(22)17-5-3-16(23)4-6-17/h2-7,12H,8-11,13-14H2,1H3,(H,25,30). The Hall–Kier alpha value is -2.46. The smallest absolute Gasteiger partial charge is 0.234 e. The summed E-state index contributed by atoms with van der Waals surface area (Å²) in [5.41, 5.74) is 1.89. The number of ether oxygens (including phenoxy) is 1. The van der Waals surface area contributed by atoms with Crippen molar-refractivity contribution in [3.05, 3.63) is 64.7 Å². The lowest BCUT2D eigenvalue weighted by molar-refractivity contribution is -0.113. The molecule has 168 valence electrons. The predicted molar refractivity (Wildman–Crippen MR) is 123 cm³/mol. The van der Waals surface area contributed by atoms with Crippen molar-refractivity contribution in [3.8, 4) is 5.69 Å². The first-order valence-electron chi connectivity index (χ1n) is 10.2. The largest absolute Gasteiger partial charge is 0.379 e. The second-order valence-electron chi connectivity index (χ2n) is 7.42. The molecule has 1 saturated heterocycles. The average Bonchev–Trinajstić information content (AvgIpc) is 3.18. The zero-order chi connectivity index (χ0) is 22.5. The van der Waals surface area contributed by atoms with Crippen molar-refractivity contribution < 1.29 is 13.9 Å². The number of aromatic nitrogens is 3. The van der Waals surface area contributed by atoms with Gasteiger partial charge in [0, 0.05) is 23.8 Å². The third-order valence-corrected chi connectivity index (χ3v) is 6.16. The topological polar surface area (TPSA) is 72.3 Å². The minimum absolute atomic E-state index is 0.0661. The summed E-state index contributed by atoms with van der Waals surface area (Å²) in [6.07, 6.45) is 0. The van der Waals surface area contributed by atoms with Gasteiger partial charge in [-0.25, -0.2) is 4.39 Å².